The number of fused-ring (bicyclic) bond motifs is 1. The summed E-state index contributed by atoms with van der Waals surface area (Å²) in [5, 5.41) is 7.82. The maximum Gasteiger partial charge on any atom is 0.224 e. The minimum Gasteiger partial charge on any atom is -0.325 e. The van der Waals surface area contributed by atoms with E-state index in [0.717, 1.165) is 32.8 Å². The lowest BCUT2D eigenvalue weighted by Gasteiger charge is -2.11. The van der Waals surface area contributed by atoms with Crippen molar-refractivity contribution in [2.24, 2.45) is 0 Å². The zero-order valence-corrected chi connectivity index (χ0v) is 16.6. The number of carbonyl (C=O) groups is 1. The highest BCUT2D eigenvalue weighted by molar-refractivity contribution is 9.10. The molecule has 2 aromatic heterocycles. The summed E-state index contributed by atoms with van der Waals surface area (Å²) in [5.74, 6) is -0.0836. The van der Waals surface area contributed by atoms with E-state index < -0.39 is 0 Å². The second kappa shape index (κ2) is 7.14. The van der Waals surface area contributed by atoms with Gasteiger partial charge in [-0.2, -0.15) is 5.10 Å². The maximum atomic E-state index is 12.3. The van der Waals surface area contributed by atoms with Crippen molar-refractivity contribution in [1.29, 1.82) is 0 Å². The van der Waals surface area contributed by atoms with Crippen molar-refractivity contribution in [3.05, 3.63) is 56.4 Å². The predicted molar refractivity (Wildman–Crippen MR) is 103 cm³/mol. The van der Waals surface area contributed by atoms with Gasteiger partial charge in [-0.05, 0) is 51.0 Å². The highest BCUT2D eigenvalue weighted by Crippen LogP contribution is 2.26. The molecule has 0 aliphatic rings. The largest absolute Gasteiger partial charge is 0.325 e. The van der Waals surface area contributed by atoms with Crippen LogP contribution in [0.4, 0.5) is 5.69 Å². The topological polar surface area (TPSA) is 59.3 Å². The van der Waals surface area contributed by atoms with Gasteiger partial charge in [-0.1, -0.05) is 27.5 Å². The van der Waals surface area contributed by atoms with Gasteiger partial charge in [0.15, 0.2) is 5.65 Å². The van der Waals surface area contributed by atoms with Gasteiger partial charge >= 0.3 is 0 Å². The van der Waals surface area contributed by atoms with Crippen LogP contribution in [0.1, 0.15) is 29.1 Å². The molecule has 5 nitrogen and oxygen atoms in total. The van der Waals surface area contributed by atoms with Crippen LogP contribution in [0.5, 0.6) is 0 Å². The molecule has 0 fully saturated rings. The van der Waals surface area contributed by atoms with E-state index in [1.165, 1.54) is 0 Å². The van der Waals surface area contributed by atoms with Crippen LogP contribution in [0.3, 0.4) is 0 Å². The minimum absolute atomic E-state index is 0.0836. The minimum atomic E-state index is -0.0836. The number of benzene rings is 1. The summed E-state index contributed by atoms with van der Waals surface area (Å²) in [6.45, 7) is 5.92. The van der Waals surface area contributed by atoms with Crippen molar-refractivity contribution in [2.45, 2.75) is 33.6 Å². The van der Waals surface area contributed by atoms with Gasteiger partial charge in [-0.3, -0.25) is 4.79 Å². The lowest BCUT2D eigenvalue weighted by atomic mass is 10.1. The summed E-state index contributed by atoms with van der Waals surface area (Å²) in [7, 11) is 0. The Kier molecular flexibility index (Phi) is 5.11. The van der Waals surface area contributed by atoms with Crippen molar-refractivity contribution in [3.63, 3.8) is 0 Å². The van der Waals surface area contributed by atoms with Gasteiger partial charge in [0.1, 0.15) is 0 Å². The van der Waals surface area contributed by atoms with Crippen molar-refractivity contribution < 1.29 is 4.79 Å². The summed E-state index contributed by atoms with van der Waals surface area (Å²) >= 11 is 9.49. The third kappa shape index (κ3) is 3.85. The number of halogens is 2. The van der Waals surface area contributed by atoms with E-state index in [2.05, 4.69) is 31.3 Å². The van der Waals surface area contributed by atoms with E-state index in [-0.39, 0.29) is 5.91 Å². The van der Waals surface area contributed by atoms with Crippen LogP contribution in [0.15, 0.2) is 28.7 Å². The summed E-state index contributed by atoms with van der Waals surface area (Å²) in [6, 6.07) is 7.32. The molecule has 1 aromatic carbocycles. The SMILES string of the molecule is Cc1cc2nc(C)c(CCC(=O)Nc3ccc(Br)cc3Cl)c(C)n2n1. The fourth-order valence-corrected chi connectivity index (χ4v) is 3.57. The Bertz CT molecular complexity index is 967. The Morgan fingerprint density at radius 2 is 2.04 bits per heavy atom. The molecule has 3 aromatic rings. The van der Waals surface area contributed by atoms with Crippen molar-refractivity contribution in [3.8, 4) is 0 Å². The molecule has 7 heteroatoms. The molecule has 0 bridgehead atoms. The fraction of sp³-hybridized carbons (Fsp3) is 0.278. The summed E-state index contributed by atoms with van der Waals surface area (Å²) in [5.41, 5.74) is 5.37. The highest BCUT2D eigenvalue weighted by Gasteiger charge is 2.13. The van der Waals surface area contributed by atoms with E-state index in [4.69, 9.17) is 11.6 Å². The molecule has 1 amide bonds. The van der Waals surface area contributed by atoms with Crippen LogP contribution in [-0.4, -0.2) is 20.5 Å². The molecule has 0 radical (unpaired) electrons. The molecule has 0 saturated carbocycles. The Labute approximate surface area is 159 Å². The number of hydrogen-bond donors (Lipinski definition) is 1. The van der Waals surface area contributed by atoms with Crippen LogP contribution in [0.25, 0.3) is 5.65 Å². The van der Waals surface area contributed by atoms with E-state index >= 15 is 0 Å². The average molecular weight is 422 g/mol. The number of nitrogens with zero attached hydrogens (tertiary/aromatic N) is 3. The van der Waals surface area contributed by atoms with Gasteiger partial charge in [0.2, 0.25) is 5.91 Å². The van der Waals surface area contributed by atoms with E-state index in [9.17, 15) is 4.79 Å². The number of hydrogen-bond acceptors (Lipinski definition) is 3. The molecule has 0 aliphatic heterocycles. The van der Waals surface area contributed by atoms with Gasteiger partial charge in [0.25, 0.3) is 0 Å². The number of aryl methyl sites for hydroxylation is 3. The zero-order chi connectivity index (χ0) is 18.1. The summed E-state index contributed by atoms with van der Waals surface area (Å²) in [6.07, 6.45) is 0.945. The Morgan fingerprint density at radius 3 is 2.76 bits per heavy atom. The zero-order valence-electron chi connectivity index (χ0n) is 14.2. The molecule has 0 saturated heterocycles. The third-order valence-electron chi connectivity index (χ3n) is 4.09. The molecule has 0 unspecified atom stereocenters. The van der Waals surface area contributed by atoms with E-state index in [1.807, 2.05) is 37.4 Å². The number of amides is 1. The van der Waals surface area contributed by atoms with Crippen LogP contribution >= 0.6 is 27.5 Å². The maximum absolute atomic E-state index is 12.3. The molecule has 0 spiro atoms. The standard InChI is InChI=1S/C18H18BrClN4O/c1-10-8-17-21-11(2)14(12(3)24(17)23-10)5-7-18(25)22-16-6-4-13(19)9-15(16)20/h4,6,8-9H,5,7H2,1-3H3,(H,22,25). The van der Waals surface area contributed by atoms with E-state index in [1.54, 1.807) is 12.1 Å². The van der Waals surface area contributed by atoms with Gasteiger partial charge in [0.05, 0.1) is 16.4 Å². The van der Waals surface area contributed by atoms with Crippen LogP contribution in [-0.2, 0) is 11.2 Å². The lowest BCUT2D eigenvalue weighted by Crippen LogP contribution is -2.14. The monoisotopic (exact) mass is 420 g/mol. The molecule has 130 valence electrons. The first kappa shape index (κ1) is 17.9. The van der Waals surface area contributed by atoms with Crippen LogP contribution < -0.4 is 5.32 Å². The predicted octanol–water partition coefficient (Wildman–Crippen LogP) is 4.64. The quantitative estimate of drug-likeness (QED) is 0.667. The number of carbonyl (C=O) groups excluding carboxylic acids is 1. The van der Waals surface area contributed by atoms with Crippen molar-refractivity contribution in [2.75, 3.05) is 5.32 Å². The first-order chi connectivity index (χ1) is 11.8. The van der Waals surface area contributed by atoms with Crippen LogP contribution in [0.2, 0.25) is 5.02 Å². The molecule has 0 aliphatic carbocycles. The Balaban J connectivity index is 1.74. The van der Waals surface area contributed by atoms with Crippen molar-refractivity contribution in [1.82, 2.24) is 14.6 Å². The highest BCUT2D eigenvalue weighted by atomic mass is 79.9. The number of nitrogens with one attached hydrogen (secondary N) is 1. The molecule has 1 N–H and O–H groups in total. The van der Waals surface area contributed by atoms with Gasteiger partial charge in [0, 0.05) is 28.3 Å². The Hall–Kier alpha value is -1.92. The molecule has 0 atom stereocenters. The lowest BCUT2D eigenvalue weighted by molar-refractivity contribution is -0.116. The summed E-state index contributed by atoms with van der Waals surface area (Å²) in [4.78, 5) is 16.9. The average Bonchev–Trinajstić information content (AvgIpc) is 2.90. The number of anilines is 1. The number of aromatic nitrogens is 3. The Morgan fingerprint density at radius 1 is 1.28 bits per heavy atom. The van der Waals surface area contributed by atoms with Crippen molar-refractivity contribution >= 4 is 44.8 Å². The number of rotatable bonds is 4. The third-order valence-corrected chi connectivity index (χ3v) is 4.90. The first-order valence-corrected chi connectivity index (χ1v) is 9.09. The normalized spacial score (nSPS) is 11.1. The van der Waals surface area contributed by atoms with Gasteiger partial charge in [-0.25, -0.2) is 9.50 Å². The van der Waals surface area contributed by atoms with Gasteiger partial charge < -0.3 is 5.32 Å². The molecule has 3 rings (SSSR count). The molecular weight excluding hydrogens is 404 g/mol. The molecule has 2 heterocycles. The fourth-order valence-electron chi connectivity index (χ4n) is 2.85. The molecule has 25 heavy (non-hydrogen) atoms. The second-order valence-corrected chi connectivity index (χ2v) is 7.31. The summed E-state index contributed by atoms with van der Waals surface area (Å²) < 4.78 is 2.71. The van der Waals surface area contributed by atoms with E-state index in [0.29, 0.717) is 23.6 Å². The van der Waals surface area contributed by atoms with Crippen LogP contribution in [0, 0.1) is 20.8 Å². The first-order valence-electron chi connectivity index (χ1n) is 7.92. The molecular formula is C18H18BrClN4O. The second-order valence-electron chi connectivity index (χ2n) is 5.99. The smallest absolute Gasteiger partial charge is 0.224 e. The van der Waals surface area contributed by atoms with Gasteiger partial charge in [-0.15, -0.1) is 0 Å².